The number of nitrogen functional groups attached to an aromatic ring is 1. The average molecular weight is 1160 g/mol. The second-order valence-corrected chi connectivity index (χ2v) is 23.3. The Balaban J connectivity index is 0.723. The van der Waals surface area contributed by atoms with Crippen molar-refractivity contribution < 1.29 is 47.3 Å². The second kappa shape index (κ2) is 29.8. The Labute approximate surface area is 493 Å². The molecule has 84 heavy (non-hydrogen) atoms. The Bertz CT molecular complexity index is 2940. The summed E-state index contributed by atoms with van der Waals surface area (Å²) in [6.07, 6.45) is 6.86. The molecule has 5 heterocycles. The number of nitrogens with two attached hydrogens (primary N) is 1. The van der Waals surface area contributed by atoms with Crippen molar-refractivity contribution in [2.24, 2.45) is 5.41 Å². The summed E-state index contributed by atoms with van der Waals surface area (Å²) in [7, 11) is 1.69. The Kier molecular flexibility index (Phi) is 22.4. The normalized spacial score (nSPS) is 18.9. The molecule has 1 saturated carbocycles. The van der Waals surface area contributed by atoms with E-state index in [4.69, 9.17) is 36.4 Å². The summed E-state index contributed by atoms with van der Waals surface area (Å²) in [5.74, 6) is -0.821. The monoisotopic (exact) mass is 1160 g/mol. The minimum Gasteiger partial charge on any atom is -0.382 e. The second-order valence-electron chi connectivity index (χ2n) is 23.3. The molecule has 2 aromatic heterocycles. The molecule has 0 spiro atoms. The molecule has 0 radical (unpaired) electrons. The highest BCUT2D eigenvalue weighted by Gasteiger charge is 2.46. The molecular weight excluding hydrogens is 1080 g/mol. The number of carbonyl (C=O) groups is 5. The summed E-state index contributed by atoms with van der Waals surface area (Å²) in [5, 5.41) is 17.5. The fraction of sp³-hybridized carbons (Fsp3) is 0.581. The van der Waals surface area contributed by atoms with Crippen LogP contribution in [0, 0.1) is 17.8 Å². The number of anilines is 2. The number of ether oxygens (including phenoxy) is 4. The third kappa shape index (κ3) is 16.1. The Morgan fingerprint density at radius 1 is 0.905 bits per heavy atom. The number of rotatable bonds is 29. The van der Waals surface area contributed by atoms with Gasteiger partial charge in [-0.3, -0.25) is 24.0 Å². The molecule has 4 aliphatic rings. The summed E-state index contributed by atoms with van der Waals surface area (Å²) in [6.45, 7) is 22.4. The molecule has 21 nitrogen and oxygen atoms in total. The summed E-state index contributed by atoms with van der Waals surface area (Å²) in [5.41, 5.74) is 10.4. The highest BCUT2D eigenvalue weighted by Crippen LogP contribution is 2.45. The number of hydrogen-bond acceptors (Lipinski definition) is 15. The zero-order valence-electron chi connectivity index (χ0n) is 49.6. The Hall–Kier alpha value is -6.87. The van der Waals surface area contributed by atoms with E-state index in [0.717, 1.165) is 24.8 Å². The van der Waals surface area contributed by atoms with Crippen LogP contribution in [-0.2, 0) is 51.2 Å². The molecule has 4 aromatic rings. The number of nitrogens with one attached hydrogen (secondary N) is 4. The van der Waals surface area contributed by atoms with Crippen LogP contribution in [0.3, 0.4) is 0 Å². The molecule has 2 aromatic carbocycles. The van der Waals surface area contributed by atoms with E-state index in [0.29, 0.717) is 143 Å². The number of nitrogens with zero attached hydrogens (tertiary/aromatic N) is 7. The summed E-state index contributed by atoms with van der Waals surface area (Å²) in [4.78, 5) is 82.9. The number of halogens is 1. The van der Waals surface area contributed by atoms with Gasteiger partial charge in [0.1, 0.15) is 35.2 Å². The molecule has 454 valence electrons. The van der Waals surface area contributed by atoms with Crippen LogP contribution < -0.4 is 31.9 Å². The fourth-order valence-corrected chi connectivity index (χ4v) is 11.4. The molecule has 6 atom stereocenters. The highest BCUT2D eigenvalue weighted by molar-refractivity contribution is 5.97. The van der Waals surface area contributed by atoms with Crippen molar-refractivity contribution in [1.82, 2.24) is 45.8 Å². The third-order valence-electron chi connectivity index (χ3n) is 16.2. The van der Waals surface area contributed by atoms with Gasteiger partial charge in [0.15, 0.2) is 0 Å². The van der Waals surface area contributed by atoms with Crippen molar-refractivity contribution in [3.63, 3.8) is 0 Å². The quantitative estimate of drug-likeness (QED) is 0.0290. The number of ketones is 1. The molecule has 2 bridgehead atoms. The van der Waals surface area contributed by atoms with Crippen LogP contribution in [-0.4, -0.2) is 164 Å². The lowest BCUT2D eigenvalue weighted by atomic mass is 9.85. The lowest BCUT2D eigenvalue weighted by Gasteiger charge is -2.36. The van der Waals surface area contributed by atoms with Gasteiger partial charge in [-0.15, -0.1) is 5.10 Å². The van der Waals surface area contributed by atoms with Gasteiger partial charge in [0, 0.05) is 61.9 Å². The van der Waals surface area contributed by atoms with E-state index < -0.39 is 29.4 Å². The number of aryl methyl sites for hydroxylation is 1. The zero-order chi connectivity index (χ0) is 59.9. The van der Waals surface area contributed by atoms with Gasteiger partial charge in [0.25, 0.3) is 11.7 Å². The van der Waals surface area contributed by atoms with Crippen LogP contribution in [0.5, 0.6) is 0 Å². The van der Waals surface area contributed by atoms with Gasteiger partial charge in [-0.2, -0.15) is 4.68 Å². The summed E-state index contributed by atoms with van der Waals surface area (Å²) < 4.78 is 39.4. The molecular formula is C62H85FN12O9. The summed E-state index contributed by atoms with van der Waals surface area (Å²) in [6, 6.07) is 13.3. The highest BCUT2D eigenvalue weighted by atomic mass is 19.1. The van der Waals surface area contributed by atoms with Crippen molar-refractivity contribution in [2.75, 3.05) is 90.2 Å². The number of aromatic nitrogens is 3. The molecule has 3 aliphatic heterocycles. The Morgan fingerprint density at radius 3 is 2.27 bits per heavy atom. The average Bonchev–Trinajstić information content (AvgIpc) is 2.37. The number of likely N-dealkylation sites (N-methyl/N-ethyl adjacent to an activating group) is 1. The maximum absolute atomic E-state index is 14.9. The van der Waals surface area contributed by atoms with E-state index in [1.54, 1.807) is 35.8 Å². The first-order valence-corrected chi connectivity index (χ1v) is 29.8. The number of benzene rings is 2. The lowest BCUT2D eigenvalue weighted by molar-refractivity contribution is -0.144. The van der Waals surface area contributed by atoms with Gasteiger partial charge in [-0.1, -0.05) is 64.6 Å². The smallest absolute Gasteiger partial charge is 0.260 e. The van der Waals surface area contributed by atoms with E-state index in [2.05, 4.69) is 36.0 Å². The lowest BCUT2D eigenvalue weighted by Crippen LogP contribution is -2.59. The Morgan fingerprint density at radius 2 is 1.61 bits per heavy atom. The van der Waals surface area contributed by atoms with Gasteiger partial charge in [0.2, 0.25) is 17.7 Å². The predicted octanol–water partition coefficient (Wildman–Crippen LogP) is 6.45. The minimum absolute atomic E-state index is 0.00509. The molecule has 22 heteroatoms. The minimum atomic E-state index is -0.854. The molecule has 0 unspecified atom stereocenters. The van der Waals surface area contributed by atoms with Gasteiger partial charge in [-0.05, 0) is 105 Å². The maximum atomic E-state index is 14.9. The van der Waals surface area contributed by atoms with Crippen LogP contribution in [0.25, 0.3) is 16.0 Å². The van der Waals surface area contributed by atoms with Crippen molar-refractivity contribution >= 4 is 46.7 Å². The van der Waals surface area contributed by atoms with Crippen molar-refractivity contribution in [3.05, 3.63) is 100 Å². The van der Waals surface area contributed by atoms with Crippen molar-refractivity contribution in [2.45, 2.75) is 148 Å². The van der Waals surface area contributed by atoms with Gasteiger partial charge < -0.3 is 65.5 Å². The number of Topliss-reactive ketones (excluding diaryl/α,β-unsaturated/α-hetero) is 1. The molecule has 1 aliphatic carbocycles. The number of amides is 4. The standard InChI is InChI=1S/C62H85FN12O9/c1-8-49(41-14-10-9-11-15-41)69-59(78)53-36-44(38-74(53)61(80)55(62(3,4)5)70-58(77)40(2)65-6)67-23-27-82-29-31-84-33-32-83-30-28-81-26-22-46(76)16-12-25-75-57(66-7)54-42-34-52(56(64)68-37-42)72-24-13-17-51(72)48-35-43(63)18-21-47(48)60(79)73(45-19-20-45)39-50(54)71-75/h9-11,14-15,18,21,34-35,37,40,44-45,49,51,53,55,65,67H,8,12-13,16-17,19-20,22-33,36,38-39H2,1-6H3,(H2,64,68)(H,69,78)(H,70,77)/t40-,44-,49+,51-,53-,55+/m1/s1. The third-order valence-corrected chi connectivity index (χ3v) is 16.2. The number of likely N-dealkylation sites (tertiary alicyclic amines) is 1. The topological polar surface area (TPSA) is 241 Å². The number of carbonyl (C=O) groups excluding carboxylic acids is 5. The number of pyridine rings is 1. The van der Waals surface area contributed by atoms with Crippen LogP contribution in [0.1, 0.15) is 132 Å². The first-order chi connectivity index (χ1) is 40.5. The maximum Gasteiger partial charge on any atom is 0.260 e. The predicted molar refractivity (Wildman–Crippen MR) is 316 cm³/mol. The fourth-order valence-electron chi connectivity index (χ4n) is 11.4. The number of fused-ring (bicyclic) bond motifs is 8. The van der Waals surface area contributed by atoms with E-state index in [1.807, 2.05) is 69.0 Å². The zero-order valence-corrected chi connectivity index (χ0v) is 49.6. The first kappa shape index (κ1) is 63.2. The first-order valence-electron chi connectivity index (χ1n) is 29.8. The van der Waals surface area contributed by atoms with E-state index in [-0.39, 0.29) is 79.6 Å². The number of hydrogen-bond donors (Lipinski definition) is 5. The van der Waals surface area contributed by atoms with Crippen LogP contribution in [0.4, 0.5) is 21.7 Å². The van der Waals surface area contributed by atoms with E-state index in [9.17, 15) is 28.4 Å². The van der Waals surface area contributed by atoms with Crippen LogP contribution >= 0.6 is 0 Å². The molecule has 6 N–H and O–H groups in total. The largest absolute Gasteiger partial charge is 0.382 e. The van der Waals surface area contributed by atoms with Crippen LogP contribution in [0.2, 0.25) is 0 Å². The van der Waals surface area contributed by atoms with Crippen molar-refractivity contribution in [3.8, 4) is 11.1 Å². The van der Waals surface area contributed by atoms with Crippen LogP contribution in [0.15, 0.2) is 60.8 Å². The molecule has 3 fully saturated rings. The summed E-state index contributed by atoms with van der Waals surface area (Å²) >= 11 is 0. The van der Waals surface area contributed by atoms with Gasteiger partial charge >= 0.3 is 0 Å². The van der Waals surface area contributed by atoms with E-state index >= 15 is 0 Å². The SMILES string of the molecule is [C-]#[N+]c1c2c(nn1CCCC(=O)CCOCCOCCOCCOCCN[C@@H]1C[C@H](C(=O)N[C@@H](CC)c3ccccc3)N(C(=O)[C@H](NC(=O)[C@@H](C)NC)C(C)(C)C)C1)CN(C1CC1)C(=O)c1ccc(F)cc1[C@H]1CCCN1c1cc-2cnc1N. The molecule has 4 amide bonds. The van der Waals surface area contributed by atoms with Crippen molar-refractivity contribution in [1.29, 1.82) is 0 Å². The van der Waals surface area contributed by atoms with Gasteiger partial charge in [0.05, 0.1) is 89.8 Å². The molecule has 2 saturated heterocycles. The van der Waals surface area contributed by atoms with E-state index in [1.165, 1.54) is 12.1 Å². The van der Waals surface area contributed by atoms with Gasteiger partial charge in [-0.25, -0.2) is 9.37 Å². The molecule has 8 rings (SSSR count).